The Kier molecular flexibility index (Phi) is 3.97. The van der Waals surface area contributed by atoms with Gasteiger partial charge in [0.05, 0.1) is 6.10 Å². The molecule has 5 atom stereocenters. The van der Waals surface area contributed by atoms with Gasteiger partial charge in [0.25, 0.3) is 0 Å². The van der Waals surface area contributed by atoms with Crippen LogP contribution < -0.4 is 4.52 Å². The second-order valence-corrected chi connectivity index (χ2v) is 9.32. The molecule has 2 fully saturated rings. The molecule has 7 heteroatoms. The summed E-state index contributed by atoms with van der Waals surface area (Å²) in [4.78, 5) is 18.5. The van der Waals surface area contributed by atoms with Crippen LogP contribution in [0.4, 0.5) is 0 Å². The number of phenolic OH excluding ortho intramolecular Hbond substituents is 1. The van der Waals surface area contributed by atoms with Crippen LogP contribution in [0.25, 0.3) is 0 Å². The van der Waals surface area contributed by atoms with Crippen LogP contribution in [0.1, 0.15) is 56.1 Å². The first kappa shape index (κ1) is 17.3. The average molecular weight is 368 g/mol. The molecule has 3 aliphatic carbocycles. The van der Waals surface area contributed by atoms with Crippen LogP contribution >= 0.6 is 7.82 Å². The smallest absolute Gasteiger partial charge is 0.508 e. The van der Waals surface area contributed by atoms with E-state index in [1.807, 2.05) is 0 Å². The molecule has 0 unspecified atom stereocenters. The maximum atomic E-state index is 11.4. The minimum atomic E-state index is -4.70. The molecule has 0 bridgehead atoms. The van der Waals surface area contributed by atoms with Crippen molar-refractivity contribution >= 4 is 7.82 Å². The summed E-state index contributed by atoms with van der Waals surface area (Å²) in [6, 6.07) is 3.01. The Morgan fingerprint density at radius 3 is 2.68 bits per heavy atom. The van der Waals surface area contributed by atoms with Gasteiger partial charge in [0, 0.05) is 11.6 Å². The number of aryl methyl sites for hydroxylation is 1. The van der Waals surface area contributed by atoms with Gasteiger partial charge in [0.15, 0.2) is 0 Å². The lowest BCUT2D eigenvalue weighted by Gasteiger charge is -2.50. The first-order chi connectivity index (χ1) is 11.7. The second-order valence-electron chi connectivity index (χ2n) is 8.15. The normalized spacial score (nSPS) is 37.1. The zero-order chi connectivity index (χ0) is 18.0. The Bertz CT molecular complexity index is 743. The third kappa shape index (κ3) is 2.80. The summed E-state index contributed by atoms with van der Waals surface area (Å²) in [5.74, 6) is 1.05. The monoisotopic (exact) mass is 368 g/mol. The van der Waals surface area contributed by atoms with E-state index in [9.17, 15) is 24.6 Å². The lowest BCUT2D eigenvalue weighted by molar-refractivity contribution is -0.0228. The molecule has 4 N–H and O–H groups in total. The van der Waals surface area contributed by atoms with Crippen molar-refractivity contribution in [3.8, 4) is 11.5 Å². The highest BCUT2D eigenvalue weighted by Crippen LogP contribution is 2.62. The third-order valence-electron chi connectivity index (χ3n) is 6.93. The molecule has 1 aromatic rings. The van der Waals surface area contributed by atoms with E-state index < -0.39 is 7.82 Å². The number of benzene rings is 1. The molecule has 4 rings (SSSR count). The van der Waals surface area contributed by atoms with E-state index in [2.05, 4.69) is 6.92 Å². The van der Waals surface area contributed by atoms with Crippen molar-refractivity contribution in [1.29, 1.82) is 0 Å². The SMILES string of the molecule is C[C@]12CC[C@@H]3c4c(cc(O)cc4OP(=O)(O)O)CC[C@H]3[C@@H]1CC[C@H]2O. The highest BCUT2D eigenvalue weighted by molar-refractivity contribution is 7.46. The van der Waals surface area contributed by atoms with Crippen molar-refractivity contribution in [3.05, 3.63) is 23.3 Å². The Balaban J connectivity index is 1.76. The van der Waals surface area contributed by atoms with Gasteiger partial charge in [-0.15, -0.1) is 0 Å². The van der Waals surface area contributed by atoms with Gasteiger partial charge in [-0.05, 0) is 73.3 Å². The molecule has 0 amide bonds. The molecule has 0 aromatic heterocycles. The van der Waals surface area contributed by atoms with Crippen molar-refractivity contribution in [3.63, 3.8) is 0 Å². The first-order valence-corrected chi connectivity index (χ1v) is 10.5. The lowest BCUT2D eigenvalue weighted by Crippen LogP contribution is -2.44. The zero-order valence-corrected chi connectivity index (χ0v) is 15.2. The Morgan fingerprint density at radius 1 is 1.20 bits per heavy atom. The summed E-state index contributed by atoms with van der Waals surface area (Å²) in [6.45, 7) is 2.19. The zero-order valence-electron chi connectivity index (χ0n) is 14.3. The second kappa shape index (κ2) is 5.71. The molecule has 0 spiro atoms. The van der Waals surface area contributed by atoms with E-state index in [-0.39, 0.29) is 28.9 Å². The van der Waals surface area contributed by atoms with Gasteiger partial charge in [-0.2, -0.15) is 0 Å². The molecular formula is C18H25O6P. The summed E-state index contributed by atoms with van der Waals surface area (Å²) in [7, 11) is -4.70. The van der Waals surface area contributed by atoms with Crippen LogP contribution in [0.2, 0.25) is 0 Å². The standard InChI is InChI=1S/C18H25O6P/c1-18-7-6-13-12(14(18)4-5-16(18)20)3-2-10-8-11(19)9-15(17(10)13)24-25(21,22)23/h8-9,12-14,16,19-20H,2-7H2,1H3,(H2,21,22,23)/t12-,13+,14+,16-,18+/m1/s1. The number of aliphatic hydroxyl groups is 1. The molecule has 0 heterocycles. The molecule has 1 aromatic carbocycles. The van der Waals surface area contributed by atoms with Gasteiger partial charge in [0.1, 0.15) is 11.5 Å². The van der Waals surface area contributed by atoms with Gasteiger partial charge in [0.2, 0.25) is 0 Å². The van der Waals surface area contributed by atoms with Crippen molar-refractivity contribution in [2.45, 2.75) is 57.5 Å². The lowest BCUT2D eigenvalue weighted by atomic mass is 9.55. The fraction of sp³-hybridized carbons (Fsp3) is 0.667. The van der Waals surface area contributed by atoms with E-state index >= 15 is 0 Å². The van der Waals surface area contributed by atoms with Gasteiger partial charge >= 0.3 is 7.82 Å². The molecule has 0 radical (unpaired) electrons. The number of phosphoric ester groups is 1. The van der Waals surface area contributed by atoms with Crippen molar-refractivity contribution < 1.29 is 29.1 Å². The van der Waals surface area contributed by atoms with Gasteiger partial charge in [-0.25, -0.2) is 4.57 Å². The number of phosphoric acid groups is 1. The molecule has 0 saturated heterocycles. The Labute approximate surface area is 147 Å². The summed E-state index contributed by atoms with van der Waals surface area (Å²) in [5.41, 5.74) is 1.72. The van der Waals surface area contributed by atoms with E-state index in [1.54, 1.807) is 6.07 Å². The first-order valence-electron chi connectivity index (χ1n) is 8.98. The van der Waals surface area contributed by atoms with Crippen molar-refractivity contribution in [2.75, 3.05) is 0 Å². The summed E-state index contributed by atoms with van der Waals surface area (Å²) in [5, 5.41) is 20.4. The molecule has 0 aliphatic heterocycles. The maximum Gasteiger partial charge on any atom is 0.524 e. The van der Waals surface area contributed by atoms with Crippen LogP contribution in [0.15, 0.2) is 12.1 Å². The number of aliphatic hydroxyl groups excluding tert-OH is 1. The van der Waals surface area contributed by atoms with Crippen molar-refractivity contribution in [1.82, 2.24) is 0 Å². The van der Waals surface area contributed by atoms with Crippen LogP contribution in [-0.2, 0) is 11.0 Å². The van der Waals surface area contributed by atoms with E-state index in [4.69, 9.17) is 4.52 Å². The van der Waals surface area contributed by atoms with Crippen molar-refractivity contribution in [2.24, 2.45) is 17.3 Å². The molecule has 138 valence electrons. The largest absolute Gasteiger partial charge is 0.524 e. The minimum absolute atomic E-state index is 0.0300. The fourth-order valence-electron chi connectivity index (χ4n) is 5.84. The minimum Gasteiger partial charge on any atom is -0.508 e. The summed E-state index contributed by atoms with van der Waals surface area (Å²) >= 11 is 0. The molecular weight excluding hydrogens is 343 g/mol. The average Bonchev–Trinajstić information content (AvgIpc) is 2.80. The predicted molar refractivity (Wildman–Crippen MR) is 91.4 cm³/mol. The predicted octanol–water partition coefficient (Wildman–Crippen LogP) is 3.08. The van der Waals surface area contributed by atoms with Gasteiger partial charge < -0.3 is 14.7 Å². The number of phenols is 1. The maximum absolute atomic E-state index is 11.4. The number of aromatic hydroxyl groups is 1. The van der Waals surface area contributed by atoms with Gasteiger partial charge in [-0.3, -0.25) is 9.79 Å². The Morgan fingerprint density at radius 2 is 1.96 bits per heavy atom. The van der Waals surface area contributed by atoms with Crippen LogP contribution in [-0.4, -0.2) is 26.1 Å². The number of hydrogen-bond donors (Lipinski definition) is 4. The van der Waals surface area contributed by atoms with Crippen LogP contribution in [0, 0.1) is 17.3 Å². The highest BCUT2D eigenvalue weighted by Gasteiger charge is 2.55. The molecule has 2 saturated carbocycles. The third-order valence-corrected chi connectivity index (χ3v) is 7.37. The summed E-state index contributed by atoms with van der Waals surface area (Å²) < 4.78 is 16.3. The van der Waals surface area contributed by atoms with E-state index in [0.29, 0.717) is 11.8 Å². The topological polar surface area (TPSA) is 107 Å². The Hall–Kier alpha value is -1.07. The van der Waals surface area contributed by atoms with Crippen LogP contribution in [0.5, 0.6) is 11.5 Å². The molecule has 3 aliphatic rings. The summed E-state index contributed by atoms with van der Waals surface area (Å²) in [6.07, 6.45) is 5.07. The van der Waals surface area contributed by atoms with E-state index in [1.165, 1.54) is 6.07 Å². The highest BCUT2D eigenvalue weighted by atomic mass is 31.2. The van der Waals surface area contributed by atoms with E-state index in [0.717, 1.165) is 49.7 Å². The number of hydrogen-bond acceptors (Lipinski definition) is 4. The van der Waals surface area contributed by atoms with Crippen LogP contribution in [0.3, 0.4) is 0 Å². The molecule has 25 heavy (non-hydrogen) atoms. The van der Waals surface area contributed by atoms with Gasteiger partial charge in [-0.1, -0.05) is 6.92 Å². The molecule has 6 nitrogen and oxygen atoms in total. The fourth-order valence-corrected chi connectivity index (χ4v) is 6.25. The number of fused-ring (bicyclic) bond motifs is 5. The number of rotatable bonds is 2. The quantitative estimate of drug-likeness (QED) is 0.598.